The number of fused-ring (bicyclic) bond motifs is 2. The lowest BCUT2D eigenvalue weighted by Crippen LogP contribution is -2.52. The zero-order valence-corrected chi connectivity index (χ0v) is 11.5. The van der Waals surface area contributed by atoms with E-state index in [1.807, 2.05) is 6.20 Å². The van der Waals surface area contributed by atoms with Crippen LogP contribution in [0.3, 0.4) is 0 Å². The van der Waals surface area contributed by atoms with E-state index in [0.717, 1.165) is 25.9 Å². The number of nitrogens with zero attached hydrogens (tertiary/aromatic N) is 2. The van der Waals surface area contributed by atoms with Crippen molar-refractivity contribution >= 4 is 5.69 Å². The minimum Gasteiger partial charge on any atom is -0.474 e. The highest BCUT2D eigenvalue weighted by atomic mass is 16.5. The van der Waals surface area contributed by atoms with Crippen LogP contribution in [0.4, 0.5) is 5.69 Å². The minimum atomic E-state index is -0.188. The van der Waals surface area contributed by atoms with Crippen molar-refractivity contribution in [2.45, 2.75) is 50.0 Å². The lowest BCUT2D eigenvalue weighted by atomic mass is 9.92. The van der Waals surface area contributed by atoms with Crippen LogP contribution in [0.2, 0.25) is 0 Å². The molecule has 1 aromatic heterocycles. The number of pyridine rings is 1. The number of hydrogen-bond donors (Lipinski definition) is 2. The summed E-state index contributed by atoms with van der Waals surface area (Å²) in [7, 11) is 0. The van der Waals surface area contributed by atoms with Crippen LogP contribution in [0.15, 0.2) is 18.3 Å². The Hall–Kier alpha value is -1.33. The maximum absolute atomic E-state index is 9.32. The summed E-state index contributed by atoms with van der Waals surface area (Å²) in [6, 6.07) is 5.35. The van der Waals surface area contributed by atoms with Gasteiger partial charge in [0.15, 0.2) is 0 Å². The molecule has 5 heteroatoms. The molecule has 2 atom stereocenters. The van der Waals surface area contributed by atoms with Crippen molar-refractivity contribution in [1.29, 1.82) is 0 Å². The maximum atomic E-state index is 9.32. The van der Waals surface area contributed by atoms with E-state index in [2.05, 4.69) is 27.3 Å². The third-order valence-corrected chi connectivity index (χ3v) is 4.75. The van der Waals surface area contributed by atoms with E-state index < -0.39 is 0 Å². The van der Waals surface area contributed by atoms with Crippen molar-refractivity contribution in [3.8, 4) is 5.88 Å². The molecule has 2 N–H and O–H groups in total. The van der Waals surface area contributed by atoms with E-state index in [9.17, 15) is 5.11 Å². The molecule has 4 rings (SSSR count). The van der Waals surface area contributed by atoms with Gasteiger partial charge in [0.05, 0.1) is 6.10 Å². The van der Waals surface area contributed by atoms with E-state index in [4.69, 9.17) is 4.74 Å². The van der Waals surface area contributed by atoms with Crippen molar-refractivity contribution in [3.05, 3.63) is 18.3 Å². The molecule has 2 aliphatic heterocycles. The quantitative estimate of drug-likeness (QED) is 0.859. The summed E-state index contributed by atoms with van der Waals surface area (Å²) in [5, 5.41) is 12.8. The summed E-state index contributed by atoms with van der Waals surface area (Å²) in [5.41, 5.74) is 1.23. The van der Waals surface area contributed by atoms with Crippen LogP contribution < -0.4 is 15.0 Å². The molecule has 108 valence electrons. The third kappa shape index (κ3) is 2.15. The van der Waals surface area contributed by atoms with Gasteiger partial charge in [-0.05, 0) is 18.9 Å². The van der Waals surface area contributed by atoms with Crippen LogP contribution in [-0.4, -0.2) is 47.5 Å². The van der Waals surface area contributed by atoms with Gasteiger partial charge >= 0.3 is 0 Å². The number of ether oxygens (including phenoxy) is 1. The Bertz CT molecular complexity index is 474. The molecule has 1 aliphatic carbocycles. The molecular weight excluding hydrogens is 254 g/mol. The van der Waals surface area contributed by atoms with Gasteiger partial charge < -0.3 is 20.1 Å². The molecule has 0 spiro atoms. The highest BCUT2D eigenvalue weighted by Gasteiger charge is 2.36. The molecule has 1 unspecified atom stereocenters. The summed E-state index contributed by atoms with van der Waals surface area (Å²) in [5.74, 6) is 0.692. The molecule has 1 aromatic rings. The number of aromatic nitrogens is 1. The van der Waals surface area contributed by atoms with Gasteiger partial charge in [-0.2, -0.15) is 0 Å². The van der Waals surface area contributed by atoms with E-state index >= 15 is 0 Å². The van der Waals surface area contributed by atoms with E-state index in [-0.39, 0.29) is 12.2 Å². The Balaban J connectivity index is 1.51. The second-order valence-corrected chi connectivity index (χ2v) is 6.17. The van der Waals surface area contributed by atoms with Gasteiger partial charge in [-0.15, -0.1) is 0 Å². The topological polar surface area (TPSA) is 57.6 Å². The molecular formula is C15H21N3O2. The van der Waals surface area contributed by atoms with Crippen LogP contribution in [0, 0.1) is 0 Å². The van der Waals surface area contributed by atoms with Gasteiger partial charge in [0.1, 0.15) is 6.10 Å². The van der Waals surface area contributed by atoms with Crippen LogP contribution in [0.1, 0.15) is 25.7 Å². The second-order valence-electron chi connectivity index (χ2n) is 6.17. The molecule has 20 heavy (non-hydrogen) atoms. The van der Waals surface area contributed by atoms with Gasteiger partial charge in [-0.3, -0.25) is 0 Å². The third-order valence-electron chi connectivity index (χ3n) is 4.75. The summed E-state index contributed by atoms with van der Waals surface area (Å²) < 4.78 is 5.83. The fraction of sp³-hybridized carbons (Fsp3) is 0.667. The van der Waals surface area contributed by atoms with Crippen molar-refractivity contribution < 1.29 is 9.84 Å². The Kier molecular flexibility index (Phi) is 3.04. The Morgan fingerprint density at radius 3 is 2.70 bits per heavy atom. The van der Waals surface area contributed by atoms with Gasteiger partial charge in [0.2, 0.25) is 5.88 Å². The predicted molar refractivity (Wildman–Crippen MR) is 76.1 cm³/mol. The lowest BCUT2D eigenvalue weighted by Gasteiger charge is -2.37. The van der Waals surface area contributed by atoms with Crippen LogP contribution >= 0.6 is 0 Å². The monoisotopic (exact) mass is 275 g/mol. The first-order valence-corrected chi connectivity index (χ1v) is 7.59. The number of hydrogen-bond acceptors (Lipinski definition) is 5. The highest BCUT2D eigenvalue weighted by molar-refractivity contribution is 5.52. The second kappa shape index (κ2) is 4.90. The molecule has 0 aromatic carbocycles. The van der Waals surface area contributed by atoms with Gasteiger partial charge in [0.25, 0.3) is 0 Å². The Morgan fingerprint density at radius 1 is 1.25 bits per heavy atom. The molecule has 5 nitrogen and oxygen atoms in total. The summed E-state index contributed by atoms with van der Waals surface area (Å²) in [6.45, 7) is 2.15. The molecule has 3 aliphatic rings. The maximum Gasteiger partial charge on any atom is 0.215 e. The molecule has 0 radical (unpaired) electrons. The summed E-state index contributed by atoms with van der Waals surface area (Å²) in [4.78, 5) is 6.83. The lowest BCUT2D eigenvalue weighted by molar-refractivity contribution is -0.0128. The van der Waals surface area contributed by atoms with Crippen LogP contribution in [0.25, 0.3) is 0 Å². The first-order valence-electron chi connectivity index (χ1n) is 7.59. The largest absolute Gasteiger partial charge is 0.474 e. The van der Waals surface area contributed by atoms with Crippen molar-refractivity contribution in [3.63, 3.8) is 0 Å². The van der Waals surface area contributed by atoms with E-state index in [1.54, 1.807) is 0 Å². The number of aliphatic hydroxyl groups is 1. The zero-order chi connectivity index (χ0) is 13.5. The summed E-state index contributed by atoms with van der Waals surface area (Å²) in [6.07, 6.45) is 5.77. The van der Waals surface area contributed by atoms with Crippen LogP contribution in [0.5, 0.6) is 5.88 Å². The number of piperazine rings is 1. The fourth-order valence-electron chi connectivity index (χ4n) is 3.63. The van der Waals surface area contributed by atoms with E-state index in [0.29, 0.717) is 18.0 Å². The molecule has 3 fully saturated rings. The highest BCUT2D eigenvalue weighted by Crippen LogP contribution is 2.34. The zero-order valence-electron chi connectivity index (χ0n) is 11.5. The molecule has 2 bridgehead atoms. The Morgan fingerprint density at radius 2 is 2.00 bits per heavy atom. The summed E-state index contributed by atoms with van der Waals surface area (Å²) >= 11 is 0. The predicted octanol–water partition coefficient (Wildman–Crippen LogP) is 0.924. The molecule has 1 saturated carbocycles. The standard InChI is InChI=1S/C15H21N3O2/c19-13-6-14(7-13)20-15-5-10(3-4-17-15)18-11-1-2-12(18)9-16-8-11/h3-5,11-14,16,19H,1-2,6-9H2/t11-,12?,13?,14?/m0/s1. The number of nitrogens with one attached hydrogen (secondary N) is 1. The van der Waals surface area contributed by atoms with E-state index in [1.165, 1.54) is 18.5 Å². The van der Waals surface area contributed by atoms with Crippen molar-refractivity contribution in [2.24, 2.45) is 0 Å². The molecule has 0 amide bonds. The number of rotatable bonds is 3. The fourth-order valence-corrected chi connectivity index (χ4v) is 3.63. The Labute approximate surface area is 119 Å². The molecule has 3 heterocycles. The number of aliphatic hydroxyl groups excluding tert-OH is 1. The number of anilines is 1. The minimum absolute atomic E-state index is 0.132. The van der Waals surface area contributed by atoms with Gasteiger partial charge in [-0.25, -0.2) is 4.98 Å². The van der Waals surface area contributed by atoms with Gasteiger partial charge in [-0.1, -0.05) is 0 Å². The SMILES string of the molecule is OC1CC(Oc2cc(N3C4CC[C@H]3CNC4)ccn2)C1. The van der Waals surface area contributed by atoms with Crippen molar-refractivity contribution in [1.82, 2.24) is 10.3 Å². The first-order chi connectivity index (χ1) is 9.79. The van der Waals surface area contributed by atoms with Crippen LogP contribution in [-0.2, 0) is 0 Å². The van der Waals surface area contributed by atoms with Gasteiger partial charge in [0, 0.05) is 56.0 Å². The normalized spacial score (nSPS) is 35.8. The average Bonchev–Trinajstić information content (AvgIpc) is 2.67. The smallest absolute Gasteiger partial charge is 0.215 e. The molecule has 2 saturated heterocycles. The van der Waals surface area contributed by atoms with Crippen molar-refractivity contribution in [2.75, 3.05) is 18.0 Å². The average molecular weight is 275 g/mol. The first kappa shape index (κ1) is 12.4.